The van der Waals surface area contributed by atoms with Crippen molar-refractivity contribution in [2.45, 2.75) is 38.3 Å². The van der Waals surface area contributed by atoms with Crippen LogP contribution in [0, 0.1) is 5.82 Å². The van der Waals surface area contributed by atoms with Gasteiger partial charge in [-0.05, 0) is 51.0 Å². The van der Waals surface area contributed by atoms with E-state index < -0.39 is 5.60 Å². The Morgan fingerprint density at radius 1 is 1.39 bits per heavy atom. The van der Waals surface area contributed by atoms with Gasteiger partial charge in [-0.25, -0.2) is 4.39 Å². The van der Waals surface area contributed by atoms with E-state index >= 15 is 0 Å². The minimum absolute atomic E-state index is 0.195. The van der Waals surface area contributed by atoms with Crippen LogP contribution < -0.4 is 0 Å². The molecule has 23 heavy (non-hydrogen) atoms. The van der Waals surface area contributed by atoms with Gasteiger partial charge in [0.15, 0.2) is 11.5 Å². The Morgan fingerprint density at radius 3 is 2.74 bits per heavy atom. The molecule has 1 aromatic heterocycles. The van der Waals surface area contributed by atoms with Gasteiger partial charge in [0.2, 0.25) is 0 Å². The van der Waals surface area contributed by atoms with Crippen molar-refractivity contribution in [1.82, 2.24) is 10.1 Å². The average Bonchev–Trinajstić information content (AvgIpc) is 3.16. The van der Waals surface area contributed by atoms with Gasteiger partial charge >= 0.3 is 0 Å². The first-order valence-electron chi connectivity index (χ1n) is 7.62. The van der Waals surface area contributed by atoms with Crippen LogP contribution in [-0.2, 0) is 0 Å². The summed E-state index contributed by atoms with van der Waals surface area (Å²) in [6.45, 7) is 4.00. The maximum absolute atomic E-state index is 13.0. The Bertz CT molecular complexity index is 703. The molecular weight excluding hydrogens is 299 g/mol. The summed E-state index contributed by atoms with van der Waals surface area (Å²) in [5.74, 6) is -0.186. The van der Waals surface area contributed by atoms with Gasteiger partial charge in [0.05, 0.1) is 11.6 Å². The van der Waals surface area contributed by atoms with Crippen molar-refractivity contribution in [3.05, 3.63) is 41.8 Å². The van der Waals surface area contributed by atoms with Crippen LogP contribution in [0.15, 0.2) is 34.9 Å². The van der Waals surface area contributed by atoms with Crippen LogP contribution in [0.3, 0.4) is 0 Å². The summed E-state index contributed by atoms with van der Waals surface area (Å²) in [6, 6.07) is 7.10. The van der Waals surface area contributed by atoms with Gasteiger partial charge in [-0.2, -0.15) is 0 Å². The summed E-state index contributed by atoms with van der Waals surface area (Å²) in [4.78, 5) is 14.3. The average molecular weight is 318 g/mol. The van der Waals surface area contributed by atoms with Gasteiger partial charge in [0, 0.05) is 18.2 Å². The number of hydrogen-bond donors (Lipinski definition) is 1. The van der Waals surface area contributed by atoms with Gasteiger partial charge in [-0.15, -0.1) is 0 Å². The molecule has 1 amide bonds. The summed E-state index contributed by atoms with van der Waals surface area (Å²) in [7, 11) is 0. The van der Waals surface area contributed by atoms with Crippen LogP contribution in [0.1, 0.15) is 37.2 Å². The molecule has 2 heterocycles. The van der Waals surface area contributed by atoms with E-state index in [9.17, 15) is 14.3 Å². The van der Waals surface area contributed by atoms with E-state index in [1.807, 2.05) is 0 Å². The van der Waals surface area contributed by atoms with Gasteiger partial charge in [0.1, 0.15) is 5.82 Å². The number of benzene rings is 1. The second-order valence-electron chi connectivity index (χ2n) is 6.39. The Kier molecular flexibility index (Phi) is 3.93. The Balaban J connectivity index is 1.82. The lowest BCUT2D eigenvalue weighted by molar-refractivity contribution is -0.0000242. The van der Waals surface area contributed by atoms with Gasteiger partial charge in [-0.3, -0.25) is 4.79 Å². The van der Waals surface area contributed by atoms with Crippen LogP contribution in [0.2, 0.25) is 0 Å². The van der Waals surface area contributed by atoms with E-state index in [4.69, 9.17) is 4.52 Å². The zero-order valence-electron chi connectivity index (χ0n) is 13.1. The maximum atomic E-state index is 13.0. The third kappa shape index (κ3) is 3.12. The van der Waals surface area contributed by atoms with Crippen molar-refractivity contribution in [2.75, 3.05) is 6.54 Å². The standard InChI is InChI=1S/C17H19FN2O3/c1-17(2,22)15-4-3-9-20(15)16(21)13-10-14(23-19-13)11-5-7-12(18)8-6-11/h5-8,10,15,22H,3-4,9H2,1-2H3. The predicted molar refractivity (Wildman–Crippen MR) is 82.3 cm³/mol. The normalized spacial score (nSPS) is 18.4. The molecule has 5 nitrogen and oxygen atoms in total. The molecular formula is C17H19FN2O3. The smallest absolute Gasteiger partial charge is 0.276 e. The summed E-state index contributed by atoms with van der Waals surface area (Å²) in [6.07, 6.45) is 1.61. The van der Waals surface area contributed by atoms with Crippen molar-refractivity contribution < 1.29 is 18.8 Å². The lowest BCUT2D eigenvalue weighted by Crippen LogP contribution is -2.48. The number of aromatic nitrogens is 1. The molecule has 1 atom stereocenters. The Labute approximate surface area is 133 Å². The zero-order valence-corrected chi connectivity index (χ0v) is 13.1. The van der Waals surface area contributed by atoms with Crippen LogP contribution >= 0.6 is 0 Å². The van der Waals surface area contributed by atoms with E-state index in [2.05, 4.69) is 5.16 Å². The molecule has 0 bridgehead atoms. The number of nitrogens with zero attached hydrogens (tertiary/aromatic N) is 2. The SMILES string of the molecule is CC(C)(O)C1CCCN1C(=O)c1cc(-c2ccc(F)cc2)on1. The molecule has 1 aliphatic heterocycles. The topological polar surface area (TPSA) is 66.6 Å². The van der Waals surface area contributed by atoms with Crippen LogP contribution in [0.25, 0.3) is 11.3 Å². The van der Waals surface area contributed by atoms with Gasteiger partial charge in [0.25, 0.3) is 5.91 Å². The number of rotatable bonds is 3. The lowest BCUT2D eigenvalue weighted by atomic mass is 9.96. The van der Waals surface area contributed by atoms with E-state index in [1.165, 1.54) is 12.1 Å². The number of hydrogen-bond acceptors (Lipinski definition) is 4. The van der Waals surface area contributed by atoms with Crippen LogP contribution in [-0.4, -0.2) is 39.3 Å². The molecule has 3 rings (SSSR count). The quantitative estimate of drug-likeness (QED) is 0.945. The highest BCUT2D eigenvalue weighted by Crippen LogP contribution is 2.29. The van der Waals surface area contributed by atoms with Gasteiger partial charge in [-0.1, -0.05) is 5.16 Å². The molecule has 1 aromatic carbocycles. The molecule has 0 aliphatic carbocycles. The maximum Gasteiger partial charge on any atom is 0.276 e. The lowest BCUT2D eigenvalue weighted by Gasteiger charge is -2.33. The fourth-order valence-corrected chi connectivity index (χ4v) is 3.02. The molecule has 122 valence electrons. The predicted octanol–water partition coefficient (Wildman–Crippen LogP) is 2.86. The number of likely N-dealkylation sites (tertiary alicyclic amines) is 1. The number of carbonyl (C=O) groups excluding carboxylic acids is 1. The highest BCUT2D eigenvalue weighted by molar-refractivity contribution is 5.93. The molecule has 1 aliphatic rings. The Morgan fingerprint density at radius 2 is 2.09 bits per heavy atom. The first-order valence-corrected chi connectivity index (χ1v) is 7.62. The molecule has 2 aromatic rings. The molecule has 1 N–H and O–H groups in total. The van der Waals surface area contributed by atoms with E-state index in [0.717, 1.165) is 12.8 Å². The van der Waals surface area contributed by atoms with Crippen molar-refractivity contribution in [2.24, 2.45) is 0 Å². The minimum atomic E-state index is -0.963. The van der Waals surface area contributed by atoms with Crippen molar-refractivity contribution in [3.8, 4) is 11.3 Å². The summed E-state index contributed by atoms with van der Waals surface area (Å²) < 4.78 is 18.2. The molecule has 0 saturated carbocycles. The third-order valence-corrected chi connectivity index (χ3v) is 4.19. The zero-order chi connectivity index (χ0) is 16.6. The third-order valence-electron chi connectivity index (χ3n) is 4.19. The van der Waals surface area contributed by atoms with Crippen molar-refractivity contribution in [3.63, 3.8) is 0 Å². The highest BCUT2D eigenvalue weighted by Gasteiger charge is 2.39. The first-order chi connectivity index (χ1) is 10.9. The highest BCUT2D eigenvalue weighted by atomic mass is 19.1. The fourth-order valence-electron chi connectivity index (χ4n) is 3.02. The van der Waals surface area contributed by atoms with Crippen molar-refractivity contribution in [1.29, 1.82) is 0 Å². The number of amides is 1. The van der Waals surface area contributed by atoms with Gasteiger partial charge < -0.3 is 14.5 Å². The number of aliphatic hydroxyl groups is 1. The minimum Gasteiger partial charge on any atom is -0.388 e. The number of halogens is 1. The second kappa shape index (κ2) is 5.77. The monoisotopic (exact) mass is 318 g/mol. The summed E-state index contributed by atoms with van der Waals surface area (Å²) >= 11 is 0. The Hall–Kier alpha value is -2.21. The molecule has 1 unspecified atom stereocenters. The molecule has 1 saturated heterocycles. The molecule has 1 fully saturated rings. The van der Waals surface area contributed by atoms with E-state index in [0.29, 0.717) is 17.9 Å². The first kappa shape index (κ1) is 15.7. The molecule has 0 spiro atoms. The van der Waals surface area contributed by atoms with E-state index in [1.54, 1.807) is 36.9 Å². The van der Waals surface area contributed by atoms with E-state index in [-0.39, 0.29) is 23.5 Å². The molecule has 6 heteroatoms. The summed E-state index contributed by atoms with van der Waals surface area (Å²) in [5, 5.41) is 14.1. The molecule has 0 radical (unpaired) electrons. The summed E-state index contributed by atoms with van der Waals surface area (Å²) in [5.41, 5.74) is -0.116. The second-order valence-corrected chi connectivity index (χ2v) is 6.39. The van der Waals surface area contributed by atoms with Crippen LogP contribution in [0.4, 0.5) is 4.39 Å². The van der Waals surface area contributed by atoms with Crippen LogP contribution in [0.5, 0.6) is 0 Å². The van der Waals surface area contributed by atoms with Crippen molar-refractivity contribution >= 4 is 5.91 Å². The fraction of sp³-hybridized carbons (Fsp3) is 0.412. The largest absolute Gasteiger partial charge is 0.388 e. The number of carbonyl (C=O) groups is 1.